The molecule has 0 saturated heterocycles. The van der Waals surface area contributed by atoms with Gasteiger partial charge in [0.15, 0.2) is 5.65 Å². The topological polar surface area (TPSA) is 80.9 Å². The number of anilines is 2. The van der Waals surface area contributed by atoms with Crippen LogP contribution in [0.2, 0.25) is 0 Å². The number of aryl methyl sites for hydroxylation is 2. The third-order valence-corrected chi connectivity index (χ3v) is 4.87. The predicted molar refractivity (Wildman–Crippen MR) is 113 cm³/mol. The van der Waals surface area contributed by atoms with Crippen molar-refractivity contribution < 1.29 is 4.79 Å². The summed E-state index contributed by atoms with van der Waals surface area (Å²) in [7, 11) is 5.86. The average Bonchev–Trinajstić information content (AvgIpc) is 3.25. The van der Waals surface area contributed by atoms with Crippen LogP contribution in [0.5, 0.6) is 0 Å². The minimum atomic E-state index is -0.229. The molecule has 0 aliphatic carbocycles. The van der Waals surface area contributed by atoms with E-state index in [0.717, 1.165) is 28.0 Å². The highest BCUT2D eigenvalue weighted by Gasteiger charge is 2.14. The molecular formula is C21H23N7O. The quantitative estimate of drug-likeness (QED) is 0.568. The number of aromatic nitrogens is 5. The van der Waals surface area contributed by atoms with Gasteiger partial charge in [-0.15, -0.1) is 0 Å². The lowest BCUT2D eigenvalue weighted by Crippen LogP contribution is -2.16. The zero-order valence-corrected chi connectivity index (χ0v) is 16.9. The third kappa shape index (κ3) is 3.69. The monoisotopic (exact) mass is 389 g/mol. The van der Waals surface area contributed by atoms with Gasteiger partial charge in [0, 0.05) is 44.5 Å². The van der Waals surface area contributed by atoms with Gasteiger partial charge in [-0.2, -0.15) is 10.2 Å². The first kappa shape index (κ1) is 18.7. The van der Waals surface area contributed by atoms with Gasteiger partial charge >= 0.3 is 0 Å². The van der Waals surface area contributed by atoms with Gasteiger partial charge in [0.2, 0.25) is 0 Å². The van der Waals surface area contributed by atoms with Crippen LogP contribution in [0, 0.1) is 6.92 Å². The first-order valence-corrected chi connectivity index (χ1v) is 9.31. The predicted octanol–water partition coefficient (Wildman–Crippen LogP) is 2.84. The second kappa shape index (κ2) is 7.38. The Bertz CT molecular complexity index is 1170. The van der Waals surface area contributed by atoms with Crippen LogP contribution in [0.4, 0.5) is 11.5 Å². The van der Waals surface area contributed by atoms with Crippen LogP contribution in [-0.2, 0) is 13.6 Å². The maximum atomic E-state index is 12.8. The second-order valence-electron chi connectivity index (χ2n) is 7.19. The average molecular weight is 389 g/mol. The first-order chi connectivity index (χ1) is 13.9. The molecule has 0 atom stereocenters. The molecule has 29 heavy (non-hydrogen) atoms. The number of benzene rings is 1. The Balaban J connectivity index is 1.52. The van der Waals surface area contributed by atoms with E-state index in [2.05, 4.69) is 49.7 Å². The Hall–Kier alpha value is -3.68. The minimum absolute atomic E-state index is 0.229. The Kier molecular flexibility index (Phi) is 4.75. The number of hydrogen-bond donors (Lipinski definition) is 1. The highest BCUT2D eigenvalue weighted by Crippen LogP contribution is 2.19. The molecule has 148 valence electrons. The van der Waals surface area contributed by atoms with Gasteiger partial charge in [0.25, 0.3) is 5.91 Å². The Labute approximate surface area is 168 Å². The molecule has 0 fully saturated rings. The molecule has 8 nitrogen and oxygen atoms in total. The molecule has 4 aromatic rings. The summed E-state index contributed by atoms with van der Waals surface area (Å²) in [6.45, 7) is 2.47. The number of rotatable bonds is 5. The molecule has 0 bridgehead atoms. The SMILES string of the molecule is Cc1nn(C)c2ncc(C(=O)Nc3ccnn3Cc3ccc(N(C)C)cc3)cc12. The van der Waals surface area contributed by atoms with Gasteiger partial charge in [0.05, 0.1) is 24.0 Å². The van der Waals surface area contributed by atoms with E-state index in [1.165, 1.54) is 0 Å². The maximum Gasteiger partial charge on any atom is 0.258 e. The van der Waals surface area contributed by atoms with Crippen LogP contribution in [0.15, 0.2) is 48.8 Å². The summed E-state index contributed by atoms with van der Waals surface area (Å²) < 4.78 is 3.48. The number of nitrogens with one attached hydrogen (secondary N) is 1. The fourth-order valence-electron chi connectivity index (χ4n) is 3.26. The van der Waals surface area contributed by atoms with Crippen molar-refractivity contribution in [3.05, 3.63) is 65.6 Å². The number of pyridine rings is 1. The number of fused-ring (bicyclic) bond motifs is 1. The minimum Gasteiger partial charge on any atom is -0.378 e. The Morgan fingerprint density at radius 1 is 1.17 bits per heavy atom. The molecule has 0 saturated carbocycles. The lowest BCUT2D eigenvalue weighted by atomic mass is 10.2. The first-order valence-electron chi connectivity index (χ1n) is 9.31. The molecule has 1 N–H and O–H groups in total. The van der Waals surface area contributed by atoms with E-state index in [4.69, 9.17) is 0 Å². The lowest BCUT2D eigenvalue weighted by molar-refractivity contribution is 0.102. The van der Waals surface area contributed by atoms with Crippen molar-refractivity contribution in [1.82, 2.24) is 24.5 Å². The number of amides is 1. The van der Waals surface area contributed by atoms with Crippen molar-refractivity contribution in [3.8, 4) is 0 Å². The summed E-state index contributed by atoms with van der Waals surface area (Å²) >= 11 is 0. The third-order valence-electron chi connectivity index (χ3n) is 4.87. The van der Waals surface area contributed by atoms with E-state index in [-0.39, 0.29) is 5.91 Å². The molecule has 8 heteroatoms. The van der Waals surface area contributed by atoms with E-state index in [9.17, 15) is 4.79 Å². The van der Waals surface area contributed by atoms with Gasteiger partial charge in [0.1, 0.15) is 5.82 Å². The summed E-state index contributed by atoms with van der Waals surface area (Å²) in [6.07, 6.45) is 3.25. The van der Waals surface area contributed by atoms with Crippen molar-refractivity contribution >= 4 is 28.4 Å². The molecule has 0 aliphatic rings. The normalized spacial score (nSPS) is 11.0. The van der Waals surface area contributed by atoms with Gasteiger partial charge in [-0.05, 0) is 30.7 Å². The van der Waals surface area contributed by atoms with Crippen LogP contribution < -0.4 is 10.2 Å². The van der Waals surface area contributed by atoms with Gasteiger partial charge in [-0.3, -0.25) is 9.48 Å². The smallest absolute Gasteiger partial charge is 0.258 e. The Morgan fingerprint density at radius 2 is 1.93 bits per heavy atom. The van der Waals surface area contributed by atoms with E-state index in [1.54, 1.807) is 27.8 Å². The van der Waals surface area contributed by atoms with Crippen LogP contribution in [0.25, 0.3) is 11.0 Å². The van der Waals surface area contributed by atoms with Gasteiger partial charge < -0.3 is 10.2 Å². The van der Waals surface area contributed by atoms with E-state index < -0.39 is 0 Å². The summed E-state index contributed by atoms with van der Waals surface area (Å²) in [5.74, 6) is 0.405. The molecule has 0 radical (unpaired) electrons. The number of hydrogen-bond acceptors (Lipinski definition) is 5. The van der Waals surface area contributed by atoms with E-state index in [0.29, 0.717) is 17.9 Å². The fraction of sp³-hybridized carbons (Fsp3) is 0.238. The molecule has 0 aliphatic heterocycles. The van der Waals surface area contributed by atoms with E-state index in [1.807, 2.05) is 34.1 Å². The summed E-state index contributed by atoms with van der Waals surface area (Å²) in [5.41, 5.74) is 4.32. The van der Waals surface area contributed by atoms with Crippen LogP contribution in [0.1, 0.15) is 21.6 Å². The lowest BCUT2D eigenvalue weighted by Gasteiger charge is -2.13. The van der Waals surface area contributed by atoms with Gasteiger partial charge in [-0.25, -0.2) is 9.67 Å². The largest absolute Gasteiger partial charge is 0.378 e. The molecular weight excluding hydrogens is 366 g/mol. The molecule has 0 unspecified atom stereocenters. The van der Waals surface area contributed by atoms with E-state index >= 15 is 0 Å². The van der Waals surface area contributed by atoms with Crippen molar-refractivity contribution in [3.63, 3.8) is 0 Å². The van der Waals surface area contributed by atoms with Crippen LogP contribution in [0.3, 0.4) is 0 Å². The highest BCUT2D eigenvalue weighted by molar-refractivity contribution is 6.05. The molecule has 1 aromatic carbocycles. The standard InChI is InChI=1S/C21H23N7O/c1-14-18-11-16(12-22-20(18)27(4)25-14)21(29)24-19-9-10-23-28(19)13-15-5-7-17(8-6-15)26(2)3/h5-12H,13H2,1-4H3,(H,24,29). The summed E-state index contributed by atoms with van der Waals surface area (Å²) in [5, 5.41) is 12.5. The number of nitrogens with zero attached hydrogens (tertiary/aromatic N) is 6. The summed E-state index contributed by atoms with van der Waals surface area (Å²) in [6, 6.07) is 11.9. The maximum absolute atomic E-state index is 12.8. The number of carbonyl (C=O) groups excluding carboxylic acids is 1. The molecule has 3 aromatic heterocycles. The van der Waals surface area contributed by atoms with Crippen molar-refractivity contribution in [1.29, 1.82) is 0 Å². The molecule has 3 heterocycles. The highest BCUT2D eigenvalue weighted by atomic mass is 16.1. The van der Waals surface area contributed by atoms with Crippen molar-refractivity contribution in [2.24, 2.45) is 7.05 Å². The zero-order chi connectivity index (χ0) is 20.5. The fourth-order valence-corrected chi connectivity index (χ4v) is 3.26. The van der Waals surface area contributed by atoms with Crippen LogP contribution in [-0.4, -0.2) is 44.5 Å². The molecule has 4 rings (SSSR count). The van der Waals surface area contributed by atoms with Crippen molar-refractivity contribution in [2.45, 2.75) is 13.5 Å². The molecule has 1 amide bonds. The number of carbonyl (C=O) groups is 1. The Morgan fingerprint density at radius 3 is 2.66 bits per heavy atom. The van der Waals surface area contributed by atoms with Crippen LogP contribution >= 0.6 is 0 Å². The summed E-state index contributed by atoms with van der Waals surface area (Å²) in [4.78, 5) is 19.2. The second-order valence-corrected chi connectivity index (χ2v) is 7.19. The van der Waals surface area contributed by atoms with Gasteiger partial charge in [-0.1, -0.05) is 12.1 Å². The molecule has 0 spiro atoms. The van der Waals surface area contributed by atoms with Crippen molar-refractivity contribution in [2.75, 3.05) is 24.3 Å². The zero-order valence-electron chi connectivity index (χ0n) is 16.9.